The van der Waals surface area contributed by atoms with E-state index < -0.39 is 0 Å². The molecule has 0 radical (unpaired) electrons. The maximum atomic E-state index is 5.38. The van der Waals surface area contributed by atoms with E-state index in [1.807, 2.05) is 25.2 Å². The molecule has 0 bridgehead atoms. The molecule has 0 atom stereocenters. The summed E-state index contributed by atoms with van der Waals surface area (Å²) >= 11 is 0. The van der Waals surface area contributed by atoms with Crippen LogP contribution in [0.2, 0.25) is 0 Å². The molecule has 0 aliphatic rings. The Morgan fingerprint density at radius 3 is 2.72 bits per heavy atom. The van der Waals surface area contributed by atoms with Crippen LogP contribution >= 0.6 is 0 Å². The lowest BCUT2D eigenvalue weighted by Gasteiger charge is -2.08. The van der Waals surface area contributed by atoms with Crippen LogP contribution in [0.1, 0.15) is 17.1 Å². The molecular formula is C19H19N5O. The Hall–Kier alpha value is -3.15. The fraction of sp³-hybridized carbons (Fsp3) is 0.211. The van der Waals surface area contributed by atoms with E-state index >= 15 is 0 Å². The highest BCUT2D eigenvalue weighted by Crippen LogP contribution is 2.21. The van der Waals surface area contributed by atoms with Crippen molar-refractivity contribution in [1.29, 1.82) is 0 Å². The van der Waals surface area contributed by atoms with E-state index in [9.17, 15) is 0 Å². The predicted molar refractivity (Wildman–Crippen MR) is 96.2 cm³/mol. The standard InChI is InChI=1S/C19H19N5O/c1-24-19-16(13-21-24)18(20-12-15-8-5-11-25-15)22-17(23-19)10-9-14-6-3-2-4-7-14/h2-8,11,13H,9-10,12H2,1H3,(H,20,22,23). The summed E-state index contributed by atoms with van der Waals surface area (Å²) in [6.07, 6.45) is 5.14. The Kier molecular flexibility index (Phi) is 4.16. The van der Waals surface area contributed by atoms with E-state index in [1.54, 1.807) is 17.1 Å². The quantitative estimate of drug-likeness (QED) is 0.586. The minimum Gasteiger partial charge on any atom is -0.467 e. The number of aryl methyl sites for hydroxylation is 3. The van der Waals surface area contributed by atoms with Gasteiger partial charge < -0.3 is 9.73 Å². The smallest absolute Gasteiger partial charge is 0.163 e. The fourth-order valence-electron chi connectivity index (χ4n) is 2.80. The normalized spacial score (nSPS) is 11.1. The van der Waals surface area contributed by atoms with Gasteiger partial charge in [0.25, 0.3) is 0 Å². The van der Waals surface area contributed by atoms with E-state index in [0.29, 0.717) is 6.54 Å². The number of nitrogens with one attached hydrogen (secondary N) is 1. The SMILES string of the molecule is Cn1ncc2c(NCc3ccco3)nc(CCc3ccccc3)nc21. The molecule has 25 heavy (non-hydrogen) atoms. The lowest BCUT2D eigenvalue weighted by atomic mass is 10.1. The second-order valence-corrected chi connectivity index (χ2v) is 5.91. The van der Waals surface area contributed by atoms with E-state index in [-0.39, 0.29) is 0 Å². The van der Waals surface area contributed by atoms with Gasteiger partial charge in [-0.3, -0.25) is 4.68 Å². The highest BCUT2D eigenvalue weighted by molar-refractivity contribution is 5.86. The zero-order valence-corrected chi connectivity index (χ0v) is 14.0. The first-order chi connectivity index (χ1) is 12.3. The third-order valence-corrected chi connectivity index (χ3v) is 4.13. The molecular weight excluding hydrogens is 314 g/mol. The van der Waals surface area contributed by atoms with E-state index in [1.165, 1.54) is 5.56 Å². The van der Waals surface area contributed by atoms with Gasteiger partial charge in [0.15, 0.2) is 5.65 Å². The van der Waals surface area contributed by atoms with Crippen LogP contribution < -0.4 is 5.32 Å². The zero-order valence-electron chi connectivity index (χ0n) is 14.0. The van der Waals surface area contributed by atoms with E-state index in [2.05, 4.69) is 39.7 Å². The largest absolute Gasteiger partial charge is 0.467 e. The van der Waals surface area contributed by atoms with Crippen molar-refractivity contribution < 1.29 is 4.42 Å². The molecule has 1 aromatic carbocycles. The van der Waals surface area contributed by atoms with Crippen molar-refractivity contribution in [1.82, 2.24) is 19.7 Å². The molecule has 0 amide bonds. The Bertz CT molecular complexity index is 960. The van der Waals surface area contributed by atoms with Crippen LogP contribution in [0, 0.1) is 0 Å². The number of furan rings is 1. The van der Waals surface area contributed by atoms with Gasteiger partial charge in [0.05, 0.1) is 24.4 Å². The molecule has 0 fully saturated rings. The Morgan fingerprint density at radius 2 is 1.92 bits per heavy atom. The Balaban J connectivity index is 1.59. The monoisotopic (exact) mass is 333 g/mol. The average molecular weight is 333 g/mol. The number of hydrogen-bond donors (Lipinski definition) is 1. The summed E-state index contributed by atoms with van der Waals surface area (Å²) in [4.78, 5) is 9.39. The lowest BCUT2D eigenvalue weighted by molar-refractivity contribution is 0.518. The summed E-state index contributed by atoms with van der Waals surface area (Å²) < 4.78 is 7.16. The van der Waals surface area contributed by atoms with Crippen LogP contribution in [0.15, 0.2) is 59.3 Å². The van der Waals surface area contributed by atoms with Crippen LogP contribution in [0.25, 0.3) is 11.0 Å². The van der Waals surface area contributed by atoms with Crippen molar-refractivity contribution in [2.75, 3.05) is 5.32 Å². The summed E-state index contributed by atoms with van der Waals surface area (Å²) in [7, 11) is 1.90. The summed E-state index contributed by atoms with van der Waals surface area (Å²) in [5.74, 6) is 2.46. The predicted octanol–water partition coefficient (Wildman–Crippen LogP) is 3.35. The molecule has 0 aliphatic carbocycles. The first-order valence-electron chi connectivity index (χ1n) is 8.28. The van der Waals surface area contributed by atoms with Crippen molar-refractivity contribution in [2.24, 2.45) is 7.05 Å². The van der Waals surface area contributed by atoms with Crippen molar-refractivity contribution in [3.8, 4) is 0 Å². The van der Waals surface area contributed by atoms with Crippen LogP contribution in [-0.4, -0.2) is 19.7 Å². The summed E-state index contributed by atoms with van der Waals surface area (Å²) in [6, 6.07) is 14.2. The van der Waals surface area contributed by atoms with Gasteiger partial charge in [-0.05, 0) is 24.1 Å². The summed E-state index contributed by atoms with van der Waals surface area (Å²) in [5, 5.41) is 8.57. The van der Waals surface area contributed by atoms with Gasteiger partial charge in [-0.15, -0.1) is 0 Å². The van der Waals surface area contributed by atoms with Crippen molar-refractivity contribution in [2.45, 2.75) is 19.4 Å². The molecule has 6 heteroatoms. The molecule has 4 rings (SSSR count). The van der Waals surface area contributed by atoms with Crippen LogP contribution in [0.4, 0.5) is 5.82 Å². The van der Waals surface area contributed by atoms with Gasteiger partial charge in [-0.2, -0.15) is 5.10 Å². The highest BCUT2D eigenvalue weighted by Gasteiger charge is 2.12. The number of aromatic nitrogens is 4. The Morgan fingerprint density at radius 1 is 1.04 bits per heavy atom. The molecule has 3 heterocycles. The number of nitrogens with zero attached hydrogens (tertiary/aromatic N) is 4. The molecule has 6 nitrogen and oxygen atoms in total. The minimum absolute atomic E-state index is 0.576. The van der Waals surface area contributed by atoms with Gasteiger partial charge in [-0.25, -0.2) is 9.97 Å². The summed E-state index contributed by atoms with van der Waals surface area (Å²) in [5.41, 5.74) is 2.11. The van der Waals surface area contributed by atoms with E-state index in [0.717, 1.165) is 41.3 Å². The van der Waals surface area contributed by atoms with Crippen LogP contribution in [0.5, 0.6) is 0 Å². The molecule has 0 spiro atoms. The molecule has 0 unspecified atom stereocenters. The Labute approximate surface area is 145 Å². The fourth-order valence-corrected chi connectivity index (χ4v) is 2.80. The third kappa shape index (κ3) is 3.38. The highest BCUT2D eigenvalue weighted by atomic mass is 16.3. The molecule has 0 aliphatic heterocycles. The number of hydrogen-bond acceptors (Lipinski definition) is 5. The number of rotatable bonds is 6. The van der Waals surface area contributed by atoms with Gasteiger partial charge >= 0.3 is 0 Å². The second kappa shape index (κ2) is 6.76. The molecule has 0 saturated heterocycles. The molecule has 0 saturated carbocycles. The van der Waals surface area contributed by atoms with Gasteiger partial charge in [0.1, 0.15) is 17.4 Å². The molecule has 1 N–H and O–H groups in total. The van der Waals surface area contributed by atoms with E-state index in [4.69, 9.17) is 9.40 Å². The number of fused-ring (bicyclic) bond motifs is 1. The van der Waals surface area contributed by atoms with Crippen LogP contribution in [-0.2, 0) is 26.4 Å². The van der Waals surface area contributed by atoms with Gasteiger partial charge in [0, 0.05) is 13.5 Å². The first kappa shape index (κ1) is 15.4. The first-order valence-corrected chi connectivity index (χ1v) is 8.28. The minimum atomic E-state index is 0.576. The number of anilines is 1. The molecule has 3 aromatic heterocycles. The lowest BCUT2D eigenvalue weighted by Crippen LogP contribution is -2.07. The van der Waals surface area contributed by atoms with Gasteiger partial charge in [0.2, 0.25) is 0 Å². The molecule has 126 valence electrons. The second-order valence-electron chi connectivity index (χ2n) is 5.91. The maximum Gasteiger partial charge on any atom is 0.163 e. The topological polar surface area (TPSA) is 68.8 Å². The van der Waals surface area contributed by atoms with Crippen LogP contribution in [0.3, 0.4) is 0 Å². The summed E-state index contributed by atoms with van der Waals surface area (Å²) in [6.45, 7) is 0.576. The van der Waals surface area contributed by atoms with Gasteiger partial charge in [-0.1, -0.05) is 30.3 Å². The zero-order chi connectivity index (χ0) is 17.1. The van der Waals surface area contributed by atoms with Crippen molar-refractivity contribution >= 4 is 16.9 Å². The average Bonchev–Trinajstić information content (AvgIpc) is 3.29. The maximum absolute atomic E-state index is 5.38. The molecule has 4 aromatic rings. The third-order valence-electron chi connectivity index (χ3n) is 4.13. The van der Waals surface area contributed by atoms with Crippen molar-refractivity contribution in [3.63, 3.8) is 0 Å². The number of benzene rings is 1. The van der Waals surface area contributed by atoms with Crippen molar-refractivity contribution in [3.05, 3.63) is 72.1 Å².